The van der Waals surface area contributed by atoms with Gasteiger partial charge in [0.15, 0.2) is 0 Å². The molecule has 0 saturated heterocycles. The molecule has 0 aliphatic rings. The van der Waals surface area contributed by atoms with Crippen LogP contribution in [-0.2, 0) is 14.3 Å². The van der Waals surface area contributed by atoms with E-state index in [0.717, 1.165) is 0 Å². The summed E-state index contributed by atoms with van der Waals surface area (Å²) in [4.78, 5) is 35.1. The molecule has 1 aromatic rings. The average Bonchev–Trinajstić information content (AvgIpc) is 2.68. The first-order valence-electron chi connectivity index (χ1n) is 7.16. The fourth-order valence-corrected chi connectivity index (χ4v) is 1.85. The van der Waals surface area contributed by atoms with Gasteiger partial charge in [0, 0.05) is 6.54 Å². The van der Waals surface area contributed by atoms with Crippen molar-refractivity contribution in [2.24, 2.45) is 5.92 Å². The van der Waals surface area contributed by atoms with Crippen LogP contribution in [0.1, 0.15) is 20.3 Å². The Hall–Kier alpha value is -2.37. The number of nitrogens with one attached hydrogen (secondary N) is 2. The predicted octanol–water partition coefficient (Wildman–Crippen LogP) is 1.16. The second-order valence-corrected chi connectivity index (χ2v) is 5.17. The van der Waals surface area contributed by atoms with Gasteiger partial charge in [-0.05, 0) is 18.1 Å². The van der Waals surface area contributed by atoms with Crippen molar-refractivity contribution in [3.63, 3.8) is 0 Å². The van der Waals surface area contributed by atoms with Crippen molar-refractivity contribution >= 4 is 17.6 Å². The molecule has 0 heterocycles. The lowest BCUT2D eigenvalue weighted by atomic mass is 10.0. The summed E-state index contributed by atoms with van der Waals surface area (Å²) in [7, 11) is 1.30. The van der Waals surface area contributed by atoms with E-state index < -0.39 is 6.04 Å². The maximum Gasteiger partial charge on any atom is 0.307 e. The van der Waals surface area contributed by atoms with E-state index in [0.29, 0.717) is 5.69 Å². The third-order valence-electron chi connectivity index (χ3n) is 3.11. The highest BCUT2D eigenvalue weighted by molar-refractivity contribution is 5.85. The van der Waals surface area contributed by atoms with Gasteiger partial charge in [0.1, 0.15) is 6.04 Å². The monoisotopic (exact) mass is 306 g/mol. The summed E-state index contributed by atoms with van der Waals surface area (Å²) < 4.78 is 4.51. The minimum atomic E-state index is -0.562. The number of carbonyl (C=O) groups is 2. The molecular formula is C16H22N2O4. The van der Waals surface area contributed by atoms with Crippen LogP contribution >= 0.6 is 0 Å². The van der Waals surface area contributed by atoms with Crippen LogP contribution in [0.15, 0.2) is 35.1 Å². The van der Waals surface area contributed by atoms with E-state index in [2.05, 4.69) is 15.4 Å². The van der Waals surface area contributed by atoms with Crippen molar-refractivity contribution in [2.75, 3.05) is 19.0 Å². The van der Waals surface area contributed by atoms with E-state index in [-0.39, 0.29) is 36.2 Å². The van der Waals surface area contributed by atoms with Crippen molar-refractivity contribution in [1.29, 1.82) is 0 Å². The fourth-order valence-electron chi connectivity index (χ4n) is 1.85. The summed E-state index contributed by atoms with van der Waals surface area (Å²) in [5.41, 5.74) is 0.185. The van der Waals surface area contributed by atoms with Gasteiger partial charge in [-0.1, -0.05) is 32.0 Å². The topological polar surface area (TPSA) is 84.5 Å². The average molecular weight is 306 g/mol. The van der Waals surface area contributed by atoms with Crippen molar-refractivity contribution in [3.8, 4) is 0 Å². The number of methoxy groups -OCH3 is 1. The molecule has 1 atom stereocenters. The highest BCUT2D eigenvalue weighted by Gasteiger charge is 2.22. The number of rotatable bonds is 7. The molecule has 0 bridgehead atoms. The van der Waals surface area contributed by atoms with Gasteiger partial charge in [0.05, 0.1) is 19.2 Å². The van der Waals surface area contributed by atoms with Crippen LogP contribution in [0.2, 0.25) is 0 Å². The molecule has 0 fully saturated rings. The number of anilines is 1. The second-order valence-electron chi connectivity index (χ2n) is 5.17. The third kappa shape index (κ3) is 5.55. The zero-order valence-corrected chi connectivity index (χ0v) is 13.1. The van der Waals surface area contributed by atoms with E-state index in [4.69, 9.17) is 0 Å². The summed E-state index contributed by atoms with van der Waals surface area (Å²) in [5, 5.41) is 5.65. The van der Waals surface area contributed by atoms with Crippen molar-refractivity contribution < 1.29 is 14.3 Å². The van der Waals surface area contributed by atoms with E-state index in [9.17, 15) is 14.4 Å². The Morgan fingerprint density at radius 2 is 1.86 bits per heavy atom. The molecule has 0 spiro atoms. The first-order chi connectivity index (χ1) is 10.5. The Morgan fingerprint density at radius 3 is 2.50 bits per heavy atom. The van der Waals surface area contributed by atoms with Crippen LogP contribution in [0.25, 0.3) is 0 Å². The van der Waals surface area contributed by atoms with E-state index in [1.807, 2.05) is 13.8 Å². The van der Waals surface area contributed by atoms with Gasteiger partial charge in [-0.25, -0.2) is 0 Å². The standard InChI is InChI=1S/C16H22N2O4/c1-11(2)15(16(21)17-10-9-14(20)22-3)18-12-7-5-4-6-8-13(12)19/h4-8,11,15H,9-10H2,1-3H3,(H,17,21)(H,18,19)/t15-/m0/s1. The van der Waals surface area contributed by atoms with Gasteiger partial charge in [-0.15, -0.1) is 0 Å². The third-order valence-corrected chi connectivity index (χ3v) is 3.11. The molecule has 120 valence electrons. The van der Waals surface area contributed by atoms with Gasteiger partial charge in [0.25, 0.3) is 0 Å². The van der Waals surface area contributed by atoms with Crippen molar-refractivity contribution in [3.05, 3.63) is 40.6 Å². The van der Waals surface area contributed by atoms with Crippen LogP contribution in [0.4, 0.5) is 5.69 Å². The molecule has 1 rings (SSSR count). The molecule has 0 aliphatic heterocycles. The molecule has 0 aromatic heterocycles. The first-order valence-corrected chi connectivity index (χ1v) is 7.16. The zero-order chi connectivity index (χ0) is 16.5. The first kappa shape index (κ1) is 17.7. The quantitative estimate of drug-likeness (QED) is 0.739. The highest BCUT2D eigenvalue weighted by atomic mass is 16.5. The van der Waals surface area contributed by atoms with E-state index in [1.54, 1.807) is 24.3 Å². The van der Waals surface area contributed by atoms with E-state index >= 15 is 0 Å². The Balaban J connectivity index is 2.73. The molecule has 2 N–H and O–H groups in total. The summed E-state index contributed by atoms with van der Waals surface area (Å²) in [6, 6.07) is 7.64. The SMILES string of the molecule is COC(=O)CCNC(=O)[C@@H](Nc1cccccc1=O)C(C)C. The smallest absolute Gasteiger partial charge is 0.307 e. The minimum absolute atomic E-state index is 0.0250. The van der Waals surface area contributed by atoms with Crippen molar-refractivity contribution in [2.45, 2.75) is 26.3 Å². The van der Waals surface area contributed by atoms with E-state index in [1.165, 1.54) is 13.2 Å². The lowest BCUT2D eigenvalue weighted by Crippen LogP contribution is -2.44. The molecule has 0 radical (unpaired) electrons. The minimum Gasteiger partial charge on any atom is -0.469 e. The van der Waals surface area contributed by atoms with Crippen LogP contribution in [-0.4, -0.2) is 31.6 Å². The Labute approximate surface area is 129 Å². The van der Waals surface area contributed by atoms with Crippen LogP contribution < -0.4 is 16.1 Å². The van der Waals surface area contributed by atoms with Crippen LogP contribution in [0, 0.1) is 5.92 Å². The fraction of sp³-hybridized carbons (Fsp3) is 0.438. The number of hydrogen-bond donors (Lipinski definition) is 2. The summed E-state index contributed by atoms with van der Waals surface area (Å²) >= 11 is 0. The van der Waals surface area contributed by atoms with Crippen molar-refractivity contribution in [1.82, 2.24) is 5.32 Å². The molecule has 6 heteroatoms. The number of ether oxygens (including phenoxy) is 1. The molecule has 6 nitrogen and oxygen atoms in total. The maximum absolute atomic E-state index is 12.2. The van der Waals surface area contributed by atoms with Gasteiger partial charge < -0.3 is 15.4 Å². The Bertz CT molecular complexity index is 572. The molecule has 22 heavy (non-hydrogen) atoms. The lowest BCUT2D eigenvalue weighted by molar-refractivity contribution is -0.140. The summed E-state index contributed by atoms with van der Waals surface area (Å²) in [6.45, 7) is 3.96. The Kier molecular flexibility index (Phi) is 7.08. The van der Waals surface area contributed by atoms with Gasteiger partial charge in [-0.2, -0.15) is 0 Å². The van der Waals surface area contributed by atoms with Gasteiger partial charge in [0.2, 0.25) is 11.3 Å². The largest absolute Gasteiger partial charge is 0.469 e. The highest BCUT2D eigenvalue weighted by Crippen LogP contribution is 2.09. The number of hydrogen-bond acceptors (Lipinski definition) is 5. The predicted molar refractivity (Wildman–Crippen MR) is 84.6 cm³/mol. The Morgan fingerprint density at radius 1 is 1.18 bits per heavy atom. The lowest BCUT2D eigenvalue weighted by Gasteiger charge is -2.22. The molecule has 1 amide bonds. The zero-order valence-electron chi connectivity index (χ0n) is 13.1. The number of amides is 1. The molecule has 0 saturated carbocycles. The second kappa shape index (κ2) is 8.81. The van der Waals surface area contributed by atoms with Crippen LogP contribution in [0.3, 0.4) is 0 Å². The van der Waals surface area contributed by atoms with Gasteiger partial charge in [-0.3, -0.25) is 14.4 Å². The summed E-state index contributed by atoms with van der Waals surface area (Å²) in [6.07, 6.45) is 0.111. The normalized spacial score (nSPS) is 11.6. The summed E-state index contributed by atoms with van der Waals surface area (Å²) in [5.74, 6) is -0.667. The number of carbonyl (C=O) groups excluding carboxylic acids is 2. The molecule has 1 aromatic carbocycles. The van der Waals surface area contributed by atoms with Crippen LogP contribution in [0.5, 0.6) is 0 Å². The van der Waals surface area contributed by atoms with Gasteiger partial charge >= 0.3 is 5.97 Å². The molecule has 0 unspecified atom stereocenters. The molecular weight excluding hydrogens is 284 g/mol. The maximum atomic E-state index is 12.2. The molecule has 0 aliphatic carbocycles. The number of esters is 1.